The molecule has 4 rings (SSSR count). The molecule has 1 aromatic heterocycles. The van der Waals surface area contributed by atoms with Gasteiger partial charge in [-0.05, 0) is 63.5 Å². The van der Waals surface area contributed by atoms with Crippen LogP contribution < -0.4 is 16.0 Å². The summed E-state index contributed by atoms with van der Waals surface area (Å²) >= 11 is 0. The van der Waals surface area contributed by atoms with E-state index in [2.05, 4.69) is 15.2 Å². The third-order valence-electron chi connectivity index (χ3n) is 7.72. The van der Waals surface area contributed by atoms with Crippen LogP contribution in [0.1, 0.15) is 45.1 Å². The summed E-state index contributed by atoms with van der Waals surface area (Å²) in [6.07, 6.45) is 0.0234. The highest BCUT2D eigenvalue weighted by atomic mass is 19.4. The van der Waals surface area contributed by atoms with Crippen molar-refractivity contribution in [3.05, 3.63) is 23.9 Å². The van der Waals surface area contributed by atoms with Gasteiger partial charge in [0.25, 0.3) is 0 Å². The maximum absolute atomic E-state index is 13.1. The highest BCUT2D eigenvalue weighted by molar-refractivity contribution is 5.85. The molecule has 2 heterocycles. The summed E-state index contributed by atoms with van der Waals surface area (Å²) in [4.78, 5) is 32.6. The quantitative estimate of drug-likeness (QED) is 0.694. The predicted molar refractivity (Wildman–Crippen MR) is 117 cm³/mol. The Morgan fingerprint density at radius 1 is 1.03 bits per heavy atom. The molecule has 2 amide bonds. The van der Waals surface area contributed by atoms with Crippen molar-refractivity contribution in [1.29, 1.82) is 0 Å². The van der Waals surface area contributed by atoms with Gasteiger partial charge in [0.05, 0.1) is 11.1 Å². The van der Waals surface area contributed by atoms with Crippen LogP contribution in [0.15, 0.2) is 18.3 Å². The van der Waals surface area contributed by atoms with Crippen molar-refractivity contribution in [2.75, 3.05) is 31.1 Å². The second kappa shape index (κ2) is 8.77. The van der Waals surface area contributed by atoms with Gasteiger partial charge in [0.15, 0.2) is 0 Å². The molecule has 182 valence electrons. The number of fused-ring (bicyclic) bond motifs is 1. The number of anilines is 1. The zero-order valence-electron chi connectivity index (χ0n) is 19.1. The Kier molecular flexibility index (Phi) is 6.32. The molecular formula is C23H32F3N5O2. The standard InChI is InChI=1S/C23H32F3N5O2/c1-22(2,21(33)29-15-4-6-16-17(7-5-15)19(16)20(27)32)31-11-9-30(10-12-31)18-8-3-14(13-28-18)23(24,25)26/h3,8,13,15-17,19H,4-7,9-12H2,1-2H3,(H2,27,32)(H,29,33)/t15?,16-,17+,19?. The van der Waals surface area contributed by atoms with Crippen molar-refractivity contribution < 1.29 is 22.8 Å². The van der Waals surface area contributed by atoms with E-state index in [1.807, 2.05) is 18.7 Å². The van der Waals surface area contributed by atoms with Crippen LogP contribution in [-0.2, 0) is 15.8 Å². The van der Waals surface area contributed by atoms with E-state index in [9.17, 15) is 22.8 Å². The minimum absolute atomic E-state index is 0.0179. The largest absolute Gasteiger partial charge is 0.417 e. The van der Waals surface area contributed by atoms with Gasteiger partial charge >= 0.3 is 6.18 Å². The zero-order chi connectivity index (χ0) is 24.0. The molecule has 0 bridgehead atoms. The third kappa shape index (κ3) is 4.95. The number of nitrogens with one attached hydrogen (secondary N) is 1. The molecule has 2 saturated carbocycles. The molecule has 0 aromatic carbocycles. The van der Waals surface area contributed by atoms with Gasteiger partial charge in [0, 0.05) is 44.3 Å². The molecule has 3 aliphatic rings. The molecular weight excluding hydrogens is 435 g/mol. The number of nitrogens with two attached hydrogens (primary N) is 1. The normalized spacial score (nSPS) is 28.6. The molecule has 0 radical (unpaired) electrons. The first-order chi connectivity index (χ1) is 15.5. The Morgan fingerprint density at radius 2 is 1.64 bits per heavy atom. The number of pyridine rings is 1. The fraction of sp³-hybridized carbons (Fsp3) is 0.696. The number of alkyl halides is 3. The van der Waals surface area contributed by atoms with Gasteiger partial charge in [-0.3, -0.25) is 14.5 Å². The van der Waals surface area contributed by atoms with Crippen LogP contribution in [0.5, 0.6) is 0 Å². The van der Waals surface area contributed by atoms with Crippen molar-refractivity contribution in [3.8, 4) is 0 Å². The fourth-order valence-electron chi connectivity index (χ4n) is 5.47. The number of carbonyl (C=O) groups is 2. The summed E-state index contributed by atoms with van der Waals surface area (Å²) in [5.41, 5.74) is 4.00. The molecule has 1 aromatic rings. The first-order valence-electron chi connectivity index (χ1n) is 11.6. The lowest BCUT2D eigenvalue weighted by Gasteiger charge is -2.43. The van der Waals surface area contributed by atoms with Gasteiger partial charge in [0.2, 0.25) is 11.8 Å². The average Bonchev–Trinajstić information content (AvgIpc) is 3.50. The Balaban J connectivity index is 1.28. The minimum Gasteiger partial charge on any atom is -0.369 e. The van der Waals surface area contributed by atoms with Gasteiger partial charge in [0.1, 0.15) is 5.82 Å². The van der Waals surface area contributed by atoms with E-state index in [1.54, 1.807) is 0 Å². The molecule has 1 aliphatic heterocycles. The second-order valence-electron chi connectivity index (χ2n) is 10.0. The number of nitrogens with zero attached hydrogens (tertiary/aromatic N) is 3. The molecule has 33 heavy (non-hydrogen) atoms. The predicted octanol–water partition coefficient (Wildman–Crippen LogP) is 2.41. The van der Waals surface area contributed by atoms with Crippen LogP contribution in [0.3, 0.4) is 0 Å². The van der Waals surface area contributed by atoms with Crippen LogP contribution in [0.25, 0.3) is 0 Å². The minimum atomic E-state index is -4.40. The van der Waals surface area contributed by atoms with Gasteiger partial charge in [-0.15, -0.1) is 0 Å². The fourth-order valence-corrected chi connectivity index (χ4v) is 5.47. The molecule has 2 aliphatic carbocycles. The number of carbonyl (C=O) groups excluding carboxylic acids is 2. The van der Waals surface area contributed by atoms with Crippen LogP contribution in [-0.4, -0.2) is 59.5 Å². The van der Waals surface area contributed by atoms with E-state index >= 15 is 0 Å². The van der Waals surface area contributed by atoms with Gasteiger partial charge in [-0.25, -0.2) is 4.98 Å². The van der Waals surface area contributed by atoms with Crippen LogP contribution in [0.4, 0.5) is 19.0 Å². The van der Waals surface area contributed by atoms with E-state index in [0.717, 1.165) is 37.9 Å². The van der Waals surface area contributed by atoms with Crippen LogP contribution in [0.2, 0.25) is 0 Å². The number of hydrogen-bond acceptors (Lipinski definition) is 5. The third-order valence-corrected chi connectivity index (χ3v) is 7.72. The van der Waals surface area contributed by atoms with E-state index in [1.165, 1.54) is 6.07 Å². The summed E-state index contributed by atoms with van der Waals surface area (Å²) < 4.78 is 38.3. The summed E-state index contributed by atoms with van der Waals surface area (Å²) in [5.74, 6) is 1.08. The molecule has 4 atom stereocenters. The highest BCUT2D eigenvalue weighted by Gasteiger charge is 2.54. The topological polar surface area (TPSA) is 91.6 Å². The lowest BCUT2D eigenvalue weighted by molar-refractivity contribution is -0.137. The summed E-state index contributed by atoms with van der Waals surface area (Å²) in [6, 6.07) is 2.56. The average molecular weight is 468 g/mol. The Morgan fingerprint density at radius 3 is 2.12 bits per heavy atom. The number of hydrogen-bond donors (Lipinski definition) is 2. The number of aromatic nitrogens is 1. The summed E-state index contributed by atoms with van der Waals surface area (Å²) in [6.45, 7) is 6.19. The Labute approximate surface area is 191 Å². The molecule has 1 saturated heterocycles. The maximum atomic E-state index is 13.1. The van der Waals surface area contributed by atoms with Gasteiger partial charge < -0.3 is 16.0 Å². The zero-order valence-corrected chi connectivity index (χ0v) is 19.1. The van der Waals surface area contributed by atoms with E-state index in [-0.39, 0.29) is 23.8 Å². The first kappa shape index (κ1) is 23.8. The van der Waals surface area contributed by atoms with Crippen molar-refractivity contribution in [1.82, 2.24) is 15.2 Å². The van der Waals surface area contributed by atoms with Crippen LogP contribution in [0, 0.1) is 17.8 Å². The maximum Gasteiger partial charge on any atom is 0.417 e. The monoisotopic (exact) mass is 467 g/mol. The summed E-state index contributed by atoms with van der Waals surface area (Å²) in [7, 11) is 0. The van der Waals surface area contributed by atoms with Gasteiger partial charge in [-0.2, -0.15) is 13.2 Å². The lowest BCUT2D eigenvalue weighted by Crippen LogP contribution is -2.61. The second-order valence-corrected chi connectivity index (χ2v) is 10.0. The lowest BCUT2D eigenvalue weighted by atomic mass is 9.97. The molecule has 3 fully saturated rings. The van der Waals surface area contributed by atoms with E-state index in [0.29, 0.717) is 43.8 Å². The Hall–Kier alpha value is -2.36. The van der Waals surface area contributed by atoms with E-state index in [4.69, 9.17) is 5.73 Å². The van der Waals surface area contributed by atoms with Crippen molar-refractivity contribution in [2.45, 2.75) is 57.3 Å². The molecule has 10 heteroatoms. The van der Waals surface area contributed by atoms with Gasteiger partial charge in [-0.1, -0.05) is 0 Å². The van der Waals surface area contributed by atoms with Crippen molar-refractivity contribution in [3.63, 3.8) is 0 Å². The molecule has 0 spiro atoms. The van der Waals surface area contributed by atoms with Crippen molar-refractivity contribution in [2.24, 2.45) is 23.5 Å². The number of primary amides is 1. The first-order valence-corrected chi connectivity index (χ1v) is 11.6. The SMILES string of the molecule is CC(C)(C(=O)NC1CC[C@@H]2C(C(N)=O)[C@@H]2CC1)N1CCN(c2ccc(C(F)(F)F)cn2)CC1. The molecule has 2 unspecified atom stereocenters. The smallest absolute Gasteiger partial charge is 0.369 e. The van der Waals surface area contributed by atoms with Crippen LogP contribution >= 0.6 is 0 Å². The number of halogens is 3. The number of rotatable bonds is 5. The number of amides is 2. The summed E-state index contributed by atoms with van der Waals surface area (Å²) in [5, 5.41) is 3.22. The van der Waals surface area contributed by atoms with Crippen molar-refractivity contribution >= 4 is 17.6 Å². The molecule has 3 N–H and O–H groups in total. The molecule has 7 nitrogen and oxygen atoms in total. The Bertz CT molecular complexity index is 867. The van der Waals surface area contributed by atoms with E-state index < -0.39 is 17.3 Å². The highest BCUT2D eigenvalue weighted by Crippen LogP contribution is 2.53. The number of piperazine rings is 1.